The molecule has 1 aromatic rings. The molecule has 120 valence electrons. The predicted octanol–water partition coefficient (Wildman–Crippen LogP) is 1.67. The van der Waals surface area contributed by atoms with E-state index in [-0.39, 0.29) is 0 Å². The molecule has 0 unspecified atom stereocenters. The second kappa shape index (κ2) is 7.11. The fraction of sp³-hybridized carbons (Fsp3) is 0.588. The van der Waals surface area contributed by atoms with E-state index < -0.39 is 5.91 Å². The van der Waals surface area contributed by atoms with E-state index in [0.717, 1.165) is 44.3 Å². The number of ether oxygens (including phenoxy) is 2. The second-order valence-electron chi connectivity index (χ2n) is 6.14. The van der Waals surface area contributed by atoms with Crippen LogP contribution in [0.25, 0.3) is 0 Å². The van der Waals surface area contributed by atoms with Crippen LogP contribution < -0.4 is 10.5 Å². The number of nitrogens with two attached hydrogens (primary N) is 1. The molecule has 1 aliphatic heterocycles. The first-order valence-electron chi connectivity index (χ1n) is 8.09. The molecule has 1 saturated heterocycles. The molecule has 3 rings (SSSR count). The minimum atomic E-state index is -0.413. The normalized spacial score (nSPS) is 22.5. The highest BCUT2D eigenvalue weighted by Crippen LogP contribution is 2.35. The van der Waals surface area contributed by atoms with Gasteiger partial charge in [-0.3, -0.25) is 9.69 Å². The van der Waals surface area contributed by atoms with Crippen LogP contribution in [0.2, 0.25) is 0 Å². The van der Waals surface area contributed by atoms with Gasteiger partial charge in [-0.2, -0.15) is 0 Å². The molecule has 0 bridgehead atoms. The van der Waals surface area contributed by atoms with Crippen LogP contribution in [0.3, 0.4) is 0 Å². The Kier molecular flexibility index (Phi) is 4.95. The first kappa shape index (κ1) is 15.3. The van der Waals surface area contributed by atoms with Crippen molar-refractivity contribution in [3.05, 3.63) is 29.8 Å². The van der Waals surface area contributed by atoms with E-state index in [1.165, 1.54) is 12.8 Å². The molecule has 2 N–H and O–H groups in total. The molecule has 1 saturated carbocycles. The van der Waals surface area contributed by atoms with E-state index in [9.17, 15) is 4.79 Å². The largest absolute Gasteiger partial charge is 0.494 e. The Labute approximate surface area is 131 Å². The zero-order valence-corrected chi connectivity index (χ0v) is 12.9. The van der Waals surface area contributed by atoms with Crippen LogP contribution >= 0.6 is 0 Å². The summed E-state index contributed by atoms with van der Waals surface area (Å²) in [4.78, 5) is 13.5. The molecule has 1 heterocycles. The number of carbonyl (C=O) groups is 1. The van der Waals surface area contributed by atoms with Crippen molar-refractivity contribution >= 4 is 5.91 Å². The lowest BCUT2D eigenvalue weighted by Crippen LogP contribution is -2.43. The zero-order chi connectivity index (χ0) is 15.4. The van der Waals surface area contributed by atoms with E-state index in [1.54, 1.807) is 24.3 Å². The van der Waals surface area contributed by atoms with E-state index in [0.29, 0.717) is 18.3 Å². The molecule has 1 amide bonds. The van der Waals surface area contributed by atoms with Crippen molar-refractivity contribution in [3.63, 3.8) is 0 Å². The summed E-state index contributed by atoms with van der Waals surface area (Å²) in [6, 6.07) is 6.97. The van der Waals surface area contributed by atoms with Gasteiger partial charge in [0.05, 0.1) is 19.3 Å². The van der Waals surface area contributed by atoms with E-state index >= 15 is 0 Å². The molecule has 1 aromatic carbocycles. The molecule has 5 heteroatoms. The summed E-state index contributed by atoms with van der Waals surface area (Å²) in [5.41, 5.74) is 5.72. The quantitative estimate of drug-likeness (QED) is 0.778. The van der Waals surface area contributed by atoms with Gasteiger partial charge in [0.2, 0.25) is 5.91 Å². The Morgan fingerprint density at radius 3 is 2.77 bits per heavy atom. The number of benzene rings is 1. The lowest BCUT2D eigenvalue weighted by molar-refractivity contribution is -0.0399. The highest BCUT2D eigenvalue weighted by molar-refractivity contribution is 5.92. The van der Waals surface area contributed by atoms with Gasteiger partial charge in [-0.05, 0) is 49.4 Å². The average Bonchev–Trinajstić information content (AvgIpc) is 3.37. The van der Waals surface area contributed by atoms with Crippen LogP contribution in [0.4, 0.5) is 0 Å². The number of rotatable bonds is 7. The molecular weight excluding hydrogens is 280 g/mol. The summed E-state index contributed by atoms with van der Waals surface area (Å²) in [7, 11) is 0. The first-order chi connectivity index (χ1) is 10.7. The molecule has 0 aromatic heterocycles. The van der Waals surface area contributed by atoms with Crippen molar-refractivity contribution in [2.75, 3.05) is 32.8 Å². The summed E-state index contributed by atoms with van der Waals surface area (Å²) in [6.07, 6.45) is 4.12. The van der Waals surface area contributed by atoms with Crippen LogP contribution in [-0.4, -0.2) is 49.8 Å². The van der Waals surface area contributed by atoms with Crippen LogP contribution in [0.5, 0.6) is 5.75 Å². The van der Waals surface area contributed by atoms with Crippen LogP contribution in [0.1, 0.15) is 29.6 Å². The van der Waals surface area contributed by atoms with Crippen LogP contribution in [0, 0.1) is 5.92 Å². The van der Waals surface area contributed by atoms with Crippen molar-refractivity contribution in [1.82, 2.24) is 4.90 Å². The molecule has 22 heavy (non-hydrogen) atoms. The third kappa shape index (κ3) is 4.21. The average molecular weight is 304 g/mol. The third-order valence-electron chi connectivity index (χ3n) is 4.35. The fourth-order valence-corrected chi connectivity index (χ4v) is 2.88. The molecule has 2 fully saturated rings. The number of hydrogen-bond acceptors (Lipinski definition) is 4. The second-order valence-corrected chi connectivity index (χ2v) is 6.14. The molecule has 2 aliphatic rings. The maximum atomic E-state index is 11.0. The fourth-order valence-electron chi connectivity index (χ4n) is 2.88. The highest BCUT2D eigenvalue weighted by Gasteiger charge is 2.34. The lowest BCUT2D eigenvalue weighted by atomic mass is 10.2. The van der Waals surface area contributed by atoms with E-state index in [4.69, 9.17) is 15.2 Å². The van der Waals surface area contributed by atoms with Crippen molar-refractivity contribution in [2.24, 2.45) is 11.7 Å². The van der Waals surface area contributed by atoms with Gasteiger partial charge in [0.25, 0.3) is 0 Å². The highest BCUT2D eigenvalue weighted by atomic mass is 16.5. The lowest BCUT2D eigenvalue weighted by Gasteiger charge is -2.33. The summed E-state index contributed by atoms with van der Waals surface area (Å²) in [5, 5.41) is 0. The number of carbonyl (C=O) groups excluding carboxylic acids is 1. The first-order valence-corrected chi connectivity index (χ1v) is 8.09. The van der Waals surface area contributed by atoms with E-state index in [1.807, 2.05) is 0 Å². The SMILES string of the molecule is NC(=O)c1ccc(OCCCN2CCO[C@@H](C3CC3)C2)cc1. The van der Waals surface area contributed by atoms with E-state index in [2.05, 4.69) is 4.90 Å². The minimum absolute atomic E-state index is 0.413. The predicted molar refractivity (Wildman–Crippen MR) is 84.0 cm³/mol. The molecule has 1 aliphatic carbocycles. The molecule has 5 nitrogen and oxygen atoms in total. The number of primary amides is 1. The number of morpholine rings is 1. The van der Waals surface area contributed by atoms with Crippen molar-refractivity contribution in [2.45, 2.75) is 25.4 Å². The Morgan fingerprint density at radius 2 is 2.09 bits per heavy atom. The Morgan fingerprint density at radius 1 is 1.32 bits per heavy atom. The number of amides is 1. The molecule has 0 spiro atoms. The Bertz CT molecular complexity index is 499. The van der Waals surface area contributed by atoms with Crippen molar-refractivity contribution in [1.29, 1.82) is 0 Å². The summed E-state index contributed by atoms with van der Waals surface area (Å²) in [6.45, 7) is 4.68. The summed E-state index contributed by atoms with van der Waals surface area (Å²) >= 11 is 0. The standard InChI is InChI=1S/C17H24N2O3/c18-17(20)14-4-6-15(7-5-14)21-10-1-8-19-9-11-22-16(12-19)13-2-3-13/h4-7,13,16H,1-3,8-12H2,(H2,18,20)/t16-/m1/s1. The molecular formula is C17H24N2O3. The topological polar surface area (TPSA) is 64.8 Å². The zero-order valence-electron chi connectivity index (χ0n) is 12.9. The minimum Gasteiger partial charge on any atom is -0.494 e. The Balaban J connectivity index is 1.35. The van der Waals surface area contributed by atoms with Crippen LogP contribution in [-0.2, 0) is 4.74 Å². The smallest absolute Gasteiger partial charge is 0.248 e. The van der Waals surface area contributed by atoms with Gasteiger partial charge in [0, 0.05) is 25.2 Å². The third-order valence-corrected chi connectivity index (χ3v) is 4.35. The van der Waals surface area contributed by atoms with Crippen molar-refractivity contribution < 1.29 is 14.3 Å². The van der Waals surface area contributed by atoms with Gasteiger partial charge in [-0.1, -0.05) is 0 Å². The van der Waals surface area contributed by atoms with Crippen LogP contribution in [0.15, 0.2) is 24.3 Å². The molecule has 1 atom stereocenters. The maximum Gasteiger partial charge on any atom is 0.248 e. The van der Waals surface area contributed by atoms with Gasteiger partial charge in [0.15, 0.2) is 0 Å². The van der Waals surface area contributed by atoms with Crippen molar-refractivity contribution in [3.8, 4) is 5.75 Å². The van der Waals surface area contributed by atoms with Gasteiger partial charge in [-0.15, -0.1) is 0 Å². The number of hydrogen-bond donors (Lipinski definition) is 1. The Hall–Kier alpha value is -1.59. The van der Waals surface area contributed by atoms with Gasteiger partial charge < -0.3 is 15.2 Å². The van der Waals surface area contributed by atoms with Gasteiger partial charge in [-0.25, -0.2) is 0 Å². The van der Waals surface area contributed by atoms with Gasteiger partial charge in [0.1, 0.15) is 5.75 Å². The summed E-state index contributed by atoms with van der Waals surface area (Å²) < 4.78 is 11.5. The number of nitrogens with zero attached hydrogens (tertiary/aromatic N) is 1. The summed E-state index contributed by atoms with van der Waals surface area (Å²) in [5.74, 6) is 1.18. The monoisotopic (exact) mass is 304 g/mol. The van der Waals surface area contributed by atoms with Gasteiger partial charge >= 0.3 is 0 Å². The molecule has 0 radical (unpaired) electrons. The maximum absolute atomic E-state index is 11.0.